The summed E-state index contributed by atoms with van der Waals surface area (Å²) in [6.45, 7) is 7.42. The SMILES string of the molecule is CC(C)(C)Nc1c(C2CCN(C(=O)Cc3cccc(F)c3)CC2)nc2ccc(F)cn12. The summed E-state index contributed by atoms with van der Waals surface area (Å²) in [4.78, 5) is 19.3. The van der Waals surface area contributed by atoms with E-state index in [1.807, 2.05) is 4.90 Å². The van der Waals surface area contributed by atoms with Gasteiger partial charge in [-0.15, -0.1) is 0 Å². The van der Waals surface area contributed by atoms with Crippen LogP contribution in [0.5, 0.6) is 0 Å². The van der Waals surface area contributed by atoms with Crippen LogP contribution in [0.1, 0.15) is 50.8 Å². The lowest BCUT2D eigenvalue weighted by atomic mass is 9.92. The van der Waals surface area contributed by atoms with Crippen LogP contribution >= 0.6 is 0 Å². The molecule has 4 rings (SSSR count). The molecule has 31 heavy (non-hydrogen) atoms. The lowest BCUT2D eigenvalue weighted by Gasteiger charge is -2.32. The number of likely N-dealkylation sites (tertiary alicyclic amines) is 1. The predicted molar refractivity (Wildman–Crippen MR) is 117 cm³/mol. The standard InChI is InChI=1S/C24H28F2N4O/c1-24(2,3)28-23-22(27-20-8-7-19(26)15-30(20)23)17-9-11-29(12-10-17)21(31)14-16-5-4-6-18(25)13-16/h4-8,13,15,17,28H,9-12,14H2,1-3H3. The summed E-state index contributed by atoms with van der Waals surface area (Å²) in [6.07, 6.45) is 3.21. The molecule has 3 aromatic rings. The third-order valence-electron chi connectivity index (χ3n) is 5.58. The Morgan fingerprint density at radius 1 is 1.13 bits per heavy atom. The van der Waals surface area contributed by atoms with Crippen LogP contribution in [0.4, 0.5) is 14.6 Å². The molecule has 164 valence electrons. The van der Waals surface area contributed by atoms with Gasteiger partial charge in [-0.25, -0.2) is 13.8 Å². The summed E-state index contributed by atoms with van der Waals surface area (Å²) >= 11 is 0. The van der Waals surface area contributed by atoms with Gasteiger partial charge in [-0.05, 0) is 63.4 Å². The molecule has 0 bridgehead atoms. The van der Waals surface area contributed by atoms with E-state index in [2.05, 4.69) is 26.1 Å². The molecule has 0 aliphatic carbocycles. The van der Waals surface area contributed by atoms with Gasteiger partial charge < -0.3 is 10.2 Å². The number of aromatic nitrogens is 2. The normalized spacial score (nSPS) is 15.5. The number of fused-ring (bicyclic) bond motifs is 1. The first-order valence-corrected chi connectivity index (χ1v) is 10.7. The van der Waals surface area contributed by atoms with Crippen molar-refractivity contribution in [2.45, 2.75) is 51.5 Å². The molecule has 1 saturated heterocycles. The summed E-state index contributed by atoms with van der Waals surface area (Å²) in [5.41, 5.74) is 2.09. The van der Waals surface area contributed by atoms with Gasteiger partial charge in [0.1, 0.15) is 23.1 Å². The minimum atomic E-state index is -0.328. The highest BCUT2D eigenvalue weighted by atomic mass is 19.1. The number of carbonyl (C=O) groups is 1. The van der Waals surface area contributed by atoms with Gasteiger partial charge in [0.25, 0.3) is 0 Å². The molecule has 0 unspecified atom stereocenters. The molecule has 1 N–H and O–H groups in total. The van der Waals surface area contributed by atoms with Crippen molar-refractivity contribution < 1.29 is 13.6 Å². The molecule has 0 radical (unpaired) electrons. The molecule has 3 heterocycles. The van der Waals surface area contributed by atoms with Crippen LogP contribution in [0.15, 0.2) is 42.6 Å². The van der Waals surface area contributed by atoms with Gasteiger partial charge in [-0.1, -0.05) is 12.1 Å². The van der Waals surface area contributed by atoms with Crippen LogP contribution in [0.3, 0.4) is 0 Å². The zero-order chi connectivity index (χ0) is 22.2. The Hall–Kier alpha value is -2.96. The van der Waals surface area contributed by atoms with Crippen molar-refractivity contribution in [3.8, 4) is 0 Å². The monoisotopic (exact) mass is 426 g/mol. The smallest absolute Gasteiger partial charge is 0.226 e. The predicted octanol–water partition coefficient (Wildman–Crippen LogP) is 4.77. The van der Waals surface area contributed by atoms with E-state index in [0.29, 0.717) is 24.3 Å². The van der Waals surface area contributed by atoms with Gasteiger partial charge in [-0.3, -0.25) is 9.20 Å². The Bertz CT molecular complexity index is 1090. The van der Waals surface area contributed by atoms with E-state index in [4.69, 9.17) is 4.98 Å². The third-order valence-corrected chi connectivity index (χ3v) is 5.58. The number of imidazole rings is 1. The topological polar surface area (TPSA) is 49.6 Å². The quantitative estimate of drug-likeness (QED) is 0.654. The largest absolute Gasteiger partial charge is 0.365 e. The third kappa shape index (κ3) is 4.86. The molecule has 1 fully saturated rings. The fraction of sp³-hybridized carbons (Fsp3) is 0.417. The fourth-order valence-electron chi connectivity index (χ4n) is 4.14. The van der Waals surface area contributed by atoms with E-state index in [-0.39, 0.29) is 35.4 Å². The lowest BCUT2D eigenvalue weighted by molar-refractivity contribution is -0.131. The summed E-state index contributed by atoms with van der Waals surface area (Å²) in [5.74, 6) is 0.351. The fourth-order valence-corrected chi connectivity index (χ4v) is 4.14. The minimum absolute atomic E-state index is 0.00848. The summed E-state index contributed by atoms with van der Waals surface area (Å²) in [5, 5.41) is 3.49. The summed E-state index contributed by atoms with van der Waals surface area (Å²) < 4.78 is 29.1. The number of halogens is 2. The average Bonchev–Trinajstić information content (AvgIpc) is 3.04. The van der Waals surface area contributed by atoms with Crippen LogP contribution in [0.2, 0.25) is 0 Å². The van der Waals surface area contributed by atoms with Crippen LogP contribution in [0.25, 0.3) is 5.65 Å². The van der Waals surface area contributed by atoms with Crippen LogP contribution in [0, 0.1) is 11.6 Å². The maximum atomic E-state index is 13.9. The number of hydrogen-bond acceptors (Lipinski definition) is 3. The molecular weight excluding hydrogens is 398 g/mol. The van der Waals surface area contributed by atoms with Gasteiger partial charge >= 0.3 is 0 Å². The average molecular weight is 427 g/mol. The molecular formula is C24H28F2N4O. The van der Waals surface area contributed by atoms with Crippen molar-refractivity contribution in [1.29, 1.82) is 0 Å². The van der Waals surface area contributed by atoms with Crippen molar-refractivity contribution in [3.05, 3.63) is 65.5 Å². The van der Waals surface area contributed by atoms with E-state index < -0.39 is 0 Å². The number of carbonyl (C=O) groups excluding carboxylic acids is 1. The van der Waals surface area contributed by atoms with E-state index in [1.54, 1.807) is 22.6 Å². The number of anilines is 1. The van der Waals surface area contributed by atoms with E-state index in [0.717, 1.165) is 24.4 Å². The second kappa shape index (κ2) is 8.29. The number of piperidine rings is 1. The van der Waals surface area contributed by atoms with Gasteiger partial charge in [0.05, 0.1) is 12.1 Å². The van der Waals surface area contributed by atoms with Gasteiger partial charge in [-0.2, -0.15) is 0 Å². The minimum Gasteiger partial charge on any atom is -0.365 e. The molecule has 1 amide bonds. The Balaban J connectivity index is 1.50. The molecule has 0 spiro atoms. The first-order valence-electron chi connectivity index (χ1n) is 10.7. The van der Waals surface area contributed by atoms with Crippen molar-refractivity contribution in [2.75, 3.05) is 18.4 Å². The summed E-state index contributed by atoms with van der Waals surface area (Å²) in [7, 11) is 0. The van der Waals surface area contributed by atoms with E-state index in [1.165, 1.54) is 24.4 Å². The number of nitrogens with zero attached hydrogens (tertiary/aromatic N) is 3. The molecule has 0 atom stereocenters. The molecule has 1 aromatic carbocycles. The molecule has 0 saturated carbocycles. The highest BCUT2D eigenvalue weighted by molar-refractivity contribution is 5.79. The Morgan fingerprint density at radius 3 is 2.55 bits per heavy atom. The van der Waals surface area contributed by atoms with E-state index in [9.17, 15) is 13.6 Å². The molecule has 2 aromatic heterocycles. The summed E-state index contributed by atoms with van der Waals surface area (Å²) in [6, 6.07) is 9.29. The van der Waals surface area contributed by atoms with Crippen molar-refractivity contribution in [2.24, 2.45) is 0 Å². The zero-order valence-corrected chi connectivity index (χ0v) is 18.2. The van der Waals surface area contributed by atoms with Crippen LogP contribution in [-0.4, -0.2) is 38.8 Å². The maximum absolute atomic E-state index is 13.9. The van der Waals surface area contributed by atoms with Gasteiger partial charge in [0.15, 0.2) is 0 Å². The highest BCUT2D eigenvalue weighted by Crippen LogP contribution is 2.34. The number of benzene rings is 1. The first-order chi connectivity index (χ1) is 14.7. The maximum Gasteiger partial charge on any atom is 0.226 e. The number of nitrogens with one attached hydrogen (secondary N) is 1. The van der Waals surface area contributed by atoms with Crippen molar-refractivity contribution >= 4 is 17.4 Å². The molecule has 1 aliphatic heterocycles. The second-order valence-corrected chi connectivity index (χ2v) is 9.26. The Morgan fingerprint density at radius 2 is 1.87 bits per heavy atom. The Kier molecular flexibility index (Phi) is 5.69. The number of amides is 1. The number of hydrogen-bond donors (Lipinski definition) is 1. The Labute approximate surface area is 181 Å². The molecule has 5 nitrogen and oxygen atoms in total. The van der Waals surface area contributed by atoms with Crippen molar-refractivity contribution in [3.63, 3.8) is 0 Å². The van der Waals surface area contributed by atoms with Gasteiger partial charge in [0.2, 0.25) is 5.91 Å². The van der Waals surface area contributed by atoms with Gasteiger partial charge in [0, 0.05) is 30.7 Å². The van der Waals surface area contributed by atoms with Crippen LogP contribution in [-0.2, 0) is 11.2 Å². The zero-order valence-electron chi connectivity index (χ0n) is 18.2. The van der Waals surface area contributed by atoms with Crippen LogP contribution < -0.4 is 5.32 Å². The highest BCUT2D eigenvalue weighted by Gasteiger charge is 2.29. The molecule has 7 heteroatoms. The molecule has 1 aliphatic rings. The van der Waals surface area contributed by atoms with E-state index >= 15 is 0 Å². The number of pyridine rings is 1. The lowest BCUT2D eigenvalue weighted by Crippen LogP contribution is -2.39. The first kappa shape index (κ1) is 21.3. The van der Waals surface area contributed by atoms with Crippen molar-refractivity contribution in [1.82, 2.24) is 14.3 Å². The second-order valence-electron chi connectivity index (χ2n) is 9.26. The number of rotatable bonds is 4.